The third-order valence-corrected chi connectivity index (χ3v) is 8.87. The van der Waals surface area contributed by atoms with Gasteiger partial charge in [0.15, 0.2) is 11.5 Å². The van der Waals surface area contributed by atoms with Gasteiger partial charge in [-0.1, -0.05) is 36.2 Å². The number of rotatable bonds is 13. The largest absolute Gasteiger partial charge is 0.493 e. The number of amides is 2. The van der Waals surface area contributed by atoms with Crippen molar-refractivity contribution in [3.05, 3.63) is 82.1 Å². The molecule has 0 spiro atoms. The van der Waals surface area contributed by atoms with Crippen molar-refractivity contribution in [3.63, 3.8) is 0 Å². The van der Waals surface area contributed by atoms with E-state index in [4.69, 9.17) is 32.7 Å². The van der Waals surface area contributed by atoms with E-state index in [1.807, 2.05) is 0 Å². The van der Waals surface area contributed by atoms with Crippen molar-refractivity contribution in [2.45, 2.75) is 50.7 Å². The Morgan fingerprint density at radius 2 is 1.60 bits per heavy atom. The van der Waals surface area contributed by atoms with Gasteiger partial charge in [-0.05, 0) is 74.4 Å². The van der Waals surface area contributed by atoms with Crippen LogP contribution in [-0.4, -0.2) is 58.0 Å². The molecule has 232 valence electrons. The highest BCUT2D eigenvalue weighted by atomic mass is 35.5. The molecule has 0 aliphatic rings. The van der Waals surface area contributed by atoms with Gasteiger partial charge in [-0.3, -0.25) is 13.9 Å². The van der Waals surface area contributed by atoms with Gasteiger partial charge < -0.3 is 19.7 Å². The van der Waals surface area contributed by atoms with Gasteiger partial charge in [0.25, 0.3) is 10.0 Å². The molecule has 0 bridgehead atoms. The summed E-state index contributed by atoms with van der Waals surface area (Å²) in [5, 5.41) is 3.49. The van der Waals surface area contributed by atoms with Crippen LogP contribution in [0.3, 0.4) is 0 Å². The monoisotopic (exact) mass is 653 g/mol. The zero-order valence-corrected chi connectivity index (χ0v) is 26.8. The van der Waals surface area contributed by atoms with E-state index in [0.29, 0.717) is 16.3 Å². The lowest BCUT2D eigenvalue weighted by molar-refractivity contribution is -0.140. The highest BCUT2D eigenvalue weighted by molar-refractivity contribution is 7.92. The highest BCUT2D eigenvalue weighted by Crippen LogP contribution is 2.33. The zero-order valence-electron chi connectivity index (χ0n) is 24.4. The molecule has 0 fully saturated rings. The van der Waals surface area contributed by atoms with Gasteiger partial charge in [0.1, 0.15) is 18.4 Å². The molecule has 1 N–H and O–H groups in total. The van der Waals surface area contributed by atoms with Crippen LogP contribution in [0.1, 0.15) is 32.8 Å². The fourth-order valence-electron chi connectivity index (χ4n) is 4.37. The summed E-state index contributed by atoms with van der Waals surface area (Å²) in [5.41, 5.74) is 0.542. The quantitative estimate of drug-likeness (QED) is 0.255. The van der Waals surface area contributed by atoms with Crippen LogP contribution in [0.4, 0.5) is 10.1 Å². The predicted molar refractivity (Wildman–Crippen MR) is 165 cm³/mol. The number of hydrogen-bond donors (Lipinski definition) is 1. The maximum atomic E-state index is 14.1. The topological polar surface area (TPSA) is 105 Å². The van der Waals surface area contributed by atoms with Gasteiger partial charge in [-0.15, -0.1) is 0 Å². The molecule has 43 heavy (non-hydrogen) atoms. The second-order valence-corrected chi connectivity index (χ2v) is 12.6. The zero-order chi connectivity index (χ0) is 31.9. The van der Waals surface area contributed by atoms with Crippen molar-refractivity contribution in [2.24, 2.45) is 0 Å². The number of halogens is 3. The predicted octanol–water partition coefficient (Wildman–Crippen LogP) is 5.68. The molecule has 0 aliphatic carbocycles. The van der Waals surface area contributed by atoms with Crippen LogP contribution >= 0.6 is 23.2 Å². The normalized spacial score (nSPS) is 12.0. The minimum absolute atomic E-state index is 0.0358. The molecular weight excluding hydrogens is 620 g/mol. The molecule has 1 atom stereocenters. The Morgan fingerprint density at radius 3 is 2.16 bits per heavy atom. The maximum absolute atomic E-state index is 14.1. The molecule has 3 aromatic carbocycles. The van der Waals surface area contributed by atoms with Gasteiger partial charge in [-0.2, -0.15) is 0 Å². The van der Waals surface area contributed by atoms with E-state index in [0.717, 1.165) is 16.4 Å². The molecule has 0 heterocycles. The standard InChI is InChI=1S/C30H34Cl2FN3O6S/c1-6-26(30(38)34-19(2)3)35(17-20-7-8-21(31)15-25(20)32)29(37)18-36(23-11-9-22(33)10-12-23)43(39,40)24-13-14-27(41-4)28(16-24)42-5/h7-16,19,26H,6,17-18H2,1-5H3,(H,34,38)/t26-/m0/s1. The van der Waals surface area contributed by atoms with Crippen molar-refractivity contribution in [1.82, 2.24) is 10.2 Å². The number of nitrogens with one attached hydrogen (secondary N) is 1. The molecule has 3 aromatic rings. The molecule has 0 saturated heterocycles. The molecule has 0 unspecified atom stereocenters. The highest BCUT2D eigenvalue weighted by Gasteiger charge is 2.34. The van der Waals surface area contributed by atoms with Crippen LogP contribution in [0.2, 0.25) is 10.0 Å². The number of sulfonamides is 1. The average molecular weight is 655 g/mol. The number of nitrogens with zero attached hydrogens (tertiary/aromatic N) is 2. The molecule has 0 aliphatic heterocycles. The van der Waals surface area contributed by atoms with E-state index in [1.54, 1.807) is 32.9 Å². The number of anilines is 1. The molecule has 13 heteroatoms. The Morgan fingerprint density at radius 1 is 0.953 bits per heavy atom. The summed E-state index contributed by atoms with van der Waals surface area (Å²) in [6.07, 6.45) is 0.231. The van der Waals surface area contributed by atoms with Crippen molar-refractivity contribution in [1.29, 1.82) is 0 Å². The summed E-state index contributed by atoms with van der Waals surface area (Å²) in [4.78, 5) is 28.5. The van der Waals surface area contributed by atoms with Crippen LogP contribution in [-0.2, 0) is 26.2 Å². The fourth-order valence-corrected chi connectivity index (χ4v) is 6.27. The molecule has 2 amide bonds. The van der Waals surface area contributed by atoms with E-state index in [-0.39, 0.29) is 40.4 Å². The maximum Gasteiger partial charge on any atom is 0.264 e. The van der Waals surface area contributed by atoms with E-state index in [1.165, 1.54) is 55.5 Å². The lowest BCUT2D eigenvalue weighted by Gasteiger charge is -2.33. The first-order valence-electron chi connectivity index (χ1n) is 13.4. The Balaban J connectivity index is 2.12. The first-order chi connectivity index (χ1) is 20.3. The Labute approximate surface area is 261 Å². The number of hydrogen-bond acceptors (Lipinski definition) is 6. The van der Waals surface area contributed by atoms with Gasteiger partial charge in [0.05, 0.1) is 24.8 Å². The van der Waals surface area contributed by atoms with Crippen LogP contribution in [0, 0.1) is 5.82 Å². The van der Waals surface area contributed by atoms with Crippen molar-refractivity contribution in [2.75, 3.05) is 25.1 Å². The molecule has 9 nitrogen and oxygen atoms in total. The molecule has 0 saturated carbocycles. The number of benzene rings is 3. The average Bonchev–Trinajstić information content (AvgIpc) is 2.96. The summed E-state index contributed by atoms with van der Waals surface area (Å²) < 4.78 is 53.4. The summed E-state index contributed by atoms with van der Waals surface area (Å²) in [6, 6.07) is 12.3. The summed E-state index contributed by atoms with van der Waals surface area (Å²) in [6.45, 7) is 4.51. The first kappa shape index (κ1) is 34.0. The smallest absolute Gasteiger partial charge is 0.264 e. The number of methoxy groups -OCH3 is 2. The molecule has 3 rings (SSSR count). The SMILES string of the molecule is CC[C@@H](C(=O)NC(C)C)N(Cc1ccc(Cl)cc1Cl)C(=O)CN(c1ccc(F)cc1)S(=O)(=O)c1ccc(OC)c(OC)c1. The minimum atomic E-state index is -4.43. The number of ether oxygens (including phenoxy) is 2. The third kappa shape index (κ3) is 8.31. The summed E-state index contributed by atoms with van der Waals surface area (Å²) in [7, 11) is -1.65. The van der Waals surface area contributed by atoms with Crippen LogP contribution < -0.4 is 19.1 Å². The Hall–Kier alpha value is -3.54. The van der Waals surface area contributed by atoms with E-state index < -0.39 is 40.2 Å². The van der Waals surface area contributed by atoms with Crippen LogP contribution in [0.5, 0.6) is 11.5 Å². The second kappa shape index (κ2) is 14.8. The van der Waals surface area contributed by atoms with Gasteiger partial charge in [0.2, 0.25) is 11.8 Å². The lowest BCUT2D eigenvalue weighted by atomic mass is 10.1. The number of carbonyl (C=O) groups excluding carboxylic acids is 2. The molecule has 0 aromatic heterocycles. The van der Waals surface area contributed by atoms with E-state index >= 15 is 0 Å². The summed E-state index contributed by atoms with van der Waals surface area (Å²) >= 11 is 12.5. The van der Waals surface area contributed by atoms with Gasteiger partial charge in [0, 0.05) is 28.7 Å². The van der Waals surface area contributed by atoms with Crippen molar-refractivity contribution >= 4 is 50.7 Å². The van der Waals surface area contributed by atoms with E-state index in [2.05, 4.69) is 5.32 Å². The first-order valence-corrected chi connectivity index (χ1v) is 15.6. The lowest BCUT2D eigenvalue weighted by Crippen LogP contribution is -2.53. The van der Waals surface area contributed by atoms with Crippen LogP contribution in [0.25, 0.3) is 0 Å². The fraction of sp³-hybridized carbons (Fsp3) is 0.333. The molecule has 0 radical (unpaired) electrons. The second-order valence-electron chi connectivity index (χ2n) is 9.85. The van der Waals surface area contributed by atoms with Gasteiger partial charge >= 0.3 is 0 Å². The van der Waals surface area contributed by atoms with Gasteiger partial charge in [-0.25, -0.2) is 12.8 Å². The van der Waals surface area contributed by atoms with E-state index in [9.17, 15) is 22.4 Å². The van der Waals surface area contributed by atoms with Crippen molar-refractivity contribution < 1.29 is 31.9 Å². The molecular formula is C30H34Cl2FN3O6S. The summed E-state index contributed by atoms with van der Waals surface area (Å²) in [5.74, 6) is -1.23. The Bertz CT molecular complexity index is 1550. The minimum Gasteiger partial charge on any atom is -0.493 e. The third-order valence-electron chi connectivity index (χ3n) is 6.51. The van der Waals surface area contributed by atoms with Crippen molar-refractivity contribution in [3.8, 4) is 11.5 Å². The van der Waals surface area contributed by atoms with Crippen LogP contribution in [0.15, 0.2) is 65.6 Å². The number of carbonyl (C=O) groups is 2. The Kier molecular flexibility index (Phi) is 11.7.